The standard InChI is InChI=1S/C25H33N5O3/c1-28-22-10-9-18(33-2)14-19(22)24-20(25(28)32)15-27-30(24)16-23(31)26-11-13-29-12-5-7-17-6-3-4-8-21(17)29/h9-10,14-15,17,21H,3-8,11-13,16H2,1-2H3,(H,26,31). The molecule has 5 rings (SSSR count). The van der Waals surface area contributed by atoms with E-state index in [2.05, 4.69) is 15.3 Å². The lowest BCUT2D eigenvalue weighted by Gasteiger charge is -2.44. The molecule has 1 saturated heterocycles. The number of aromatic nitrogens is 3. The molecule has 2 unspecified atom stereocenters. The van der Waals surface area contributed by atoms with Crippen molar-refractivity contribution in [2.24, 2.45) is 13.0 Å². The number of carbonyl (C=O) groups is 1. The van der Waals surface area contributed by atoms with Gasteiger partial charge in [0.15, 0.2) is 0 Å². The third-order valence-electron chi connectivity index (χ3n) is 7.57. The van der Waals surface area contributed by atoms with Crippen LogP contribution >= 0.6 is 0 Å². The normalized spacial score (nSPS) is 21.3. The molecular weight excluding hydrogens is 418 g/mol. The van der Waals surface area contributed by atoms with Gasteiger partial charge in [-0.15, -0.1) is 0 Å². The molecule has 1 amide bonds. The predicted molar refractivity (Wildman–Crippen MR) is 129 cm³/mol. The summed E-state index contributed by atoms with van der Waals surface area (Å²) < 4.78 is 8.63. The highest BCUT2D eigenvalue weighted by Gasteiger charge is 2.32. The third kappa shape index (κ3) is 4.12. The van der Waals surface area contributed by atoms with E-state index in [0.29, 0.717) is 29.2 Å². The van der Waals surface area contributed by atoms with Gasteiger partial charge >= 0.3 is 0 Å². The molecule has 1 aliphatic heterocycles. The average molecular weight is 452 g/mol. The molecule has 2 aromatic heterocycles. The molecule has 1 aromatic carbocycles. The fourth-order valence-corrected chi connectivity index (χ4v) is 5.90. The SMILES string of the molecule is COc1ccc2c(c1)c1c(cnn1CC(=O)NCCN1CCCC3CCCCC31)c(=O)n2C. The second-order valence-electron chi connectivity index (χ2n) is 9.45. The van der Waals surface area contributed by atoms with Gasteiger partial charge in [0.25, 0.3) is 5.56 Å². The number of nitrogens with zero attached hydrogens (tertiary/aromatic N) is 4. The minimum absolute atomic E-state index is 0.0784. The van der Waals surface area contributed by atoms with Crippen LogP contribution in [0.1, 0.15) is 38.5 Å². The molecule has 2 fully saturated rings. The zero-order valence-corrected chi connectivity index (χ0v) is 19.5. The fraction of sp³-hybridized carbons (Fsp3) is 0.560. The van der Waals surface area contributed by atoms with Crippen LogP contribution in [0.5, 0.6) is 5.75 Å². The Morgan fingerprint density at radius 1 is 1.18 bits per heavy atom. The Morgan fingerprint density at radius 3 is 2.85 bits per heavy atom. The number of benzene rings is 1. The van der Waals surface area contributed by atoms with Crippen molar-refractivity contribution in [3.05, 3.63) is 34.7 Å². The number of pyridine rings is 1. The number of piperidine rings is 1. The Bertz CT molecular complexity index is 1230. The van der Waals surface area contributed by atoms with Gasteiger partial charge in [-0.1, -0.05) is 12.8 Å². The topological polar surface area (TPSA) is 81.4 Å². The lowest BCUT2D eigenvalue weighted by molar-refractivity contribution is -0.121. The van der Waals surface area contributed by atoms with Gasteiger partial charge in [0.1, 0.15) is 12.3 Å². The van der Waals surface area contributed by atoms with E-state index in [0.717, 1.165) is 29.9 Å². The number of carbonyl (C=O) groups excluding carboxylic acids is 1. The van der Waals surface area contributed by atoms with E-state index in [1.54, 1.807) is 29.6 Å². The van der Waals surface area contributed by atoms with Crippen LogP contribution in [0.4, 0.5) is 0 Å². The number of aryl methyl sites for hydroxylation is 1. The van der Waals surface area contributed by atoms with Gasteiger partial charge in [-0.25, -0.2) is 0 Å². The number of rotatable bonds is 6. The van der Waals surface area contributed by atoms with Gasteiger partial charge in [-0.3, -0.25) is 19.2 Å². The van der Waals surface area contributed by atoms with Crippen molar-refractivity contribution in [2.75, 3.05) is 26.7 Å². The van der Waals surface area contributed by atoms with E-state index >= 15 is 0 Å². The summed E-state index contributed by atoms with van der Waals surface area (Å²) in [4.78, 5) is 28.2. The Labute approximate surface area is 193 Å². The quantitative estimate of drug-likeness (QED) is 0.623. The van der Waals surface area contributed by atoms with Crippen molar-refractivity contribution in [2.45, 2.75) is 51.1 Å². The summed E-state index contributed by atoms with van der Waals surface area (Å²) >= 11 is 0. The van der Waals surface area contributed by atoms with Gasteiger partial charge in [0.2, 0.25) is 5.91 Å². The zero-order chi connectivity index (χ0) is 22.9. The Hall–Kier alpha value is -2.87. The lowest BCUT2D eigenvalue weighted by Crippen LogP contribution is -2.49. The van der Waals surface area contributed by atoms with Crippen molar-refractivity contribution in [3.8, 4) is 5.75 Å². The summed E-state index contributed by atoms with van der Waals surface area (Å²) in [6.07, 6.45) is 9.53. The highest BCUT2D eigenvalue weighted by molar-refractivity contribution is 6.04. The number of nitrogens with one attached hydrogen (secondary N) is 1. The van der Waals surface area contributed by atoms with Crippen LogP contribution < -0.4 is 15.6 Å². The van der Waals surface area contributed by atoms with Crippen LogP contribution in [0, 0.1) is 5.92 Å². The van der Waals surface area contributed by atoms with Crippen LogP contribution in [0.3, 0.4) is 0 Å². The molecule has 1 aliphatic carbocycles. The third-order valence-corrected chi connectivity index (χ3v) is 7.57. The number of amides is 1. The Balaban J connectivity index is 1.31. The van der Waals surface area contributed by atoms with Crippen LogP contribution in [0.15, 0.2) is 29.2 Å². The summed E-state index contributed by atoms with van der Waals surface area (Å²) in [5, 5.41) is 8.81. The summed E-state index contributed by atoms with van der Waals surface area (Å²) in [5.41, 5.74) is 1.33. The van der Waals surface area contributed by atoms with E-state index in [1.807, 2.05) is 18.2 Å². The molecule has 8 heteroatoms. The highest BCUT2D eigenvalue weighted by Crippen LogP contribution is 2.35. The minimum Gasteiger partial charge on any atom is -0.497 e. The lowest BCUT2D eigenvalue weighted by atomic mass is 9.78. The maximum Gasteiger partial charge on any atom is 0.261 e. The molecular formula is C25H33N5O3. The first-order valence-electron chi connectivity index (χ1n) is 12.1. The minimum atomic E-state index is -0.124. The second kappa shape index (κ2) is 9.17. The smallest absolute Gasteiger partial charge is 0.261 e. The Kier molecular flexibility index (Phi) is 6.10. The van der Waals surface area contributed by atoms with Crippen molar-refractivity contribution < 1.29 is 9.53 Å². The zero-order valence-electron chi connectivity index (χ0n) is 19.5. The van der Waals surface area contributed by atoms with Crippen molar-refractivity contribution >= 4 is 27.7 Å². The molecule has 33 heavy (non-hydrogen) atoms. The number of ether oxygens (including phenoxy) is 1. The van der Waals surface area contributed by atoms with Crippen LogP contribution in [0.2, 0.25) is 0 Å². The molecule has 1 N–H and O–H groups in total. The summed E-state index contributed by atoms with van der Waals surface area (Å²) in [6.45, 7) is 2.75. The van der Waals surface area contributed by atoms with Gasteiger partial charge in [-0.05, 0) is 56.3 Å². The molecule has 0 radical (unpaired) electrons. The van der Waals surface area contributed by atoms with E-state index < -0.39 is 0 Å². The molecule has 3 heterocycles. The molecule has 8 nitrogen and oxygen atoms in total. The number of methoxy groups -OCH3 is 1. The van der Waals surface area contributed by atoms with Crippen molar-refractivity contribution in [1.29, 1.82) is 0 Å². The second-order valence-corrected chi connectivity index (χ2v) is 9.45. The average Bonchev–Trinajstić information content (AvgIpc) is 3.26. The first-order valence-corrected chi connectivity index (χ1v) is 12.1. The molecule has 0 bridgehead atoms. The van der Waals surface area contributed by atoms with Gasteiger partial charge in [-0.2, -0.15) is 5.10 Å². The number of hydrogen-bond donors (Lipinski definition) is 1. The summed E-state index contributed by atoms with van der Waals surface area (Å²) in [6, 6.07) is 6.28. The summed E-state index contributed by atoms with van der Waals surface area (Å²) in [7, 11) is 3.36. The first kappa shape index (κ1) is 21.9. The van der Waals surface area contributed by atoms with Gasteiger partial charge in [0, 0.05) is 31.6 Å². The highest BCUT2D eigenvalue weighted by atomic mass is 16.5. The fourth-order valence-electron chi connectivity index (χ4n) is 5.90. The van der Waals surface area contributed by atoms with E-state index in [9.17, 15) is 9.59 Å². The number of likely N-dealkylation sites (tertiary alicyclic amines) is 1. The predicted octanol–water partition coefficient (Wildman–Crippen LogP) is 2.67. The maximum atomic E-state index is 12.8. The molecule has 176 valence electrons. The van der Waals surface area contributed by atoms with Crippen molar-refractivity contribution in [3.63, 3.8) is 0 Å². The molecule has 2 aliphatic rings. The van der Waals surface area contributed by atoms with E-state index in [1.165, 1.54) is 38.5 Å². The first-order chi connectivity index (χ1) is 16.1. The van der Waals surface area contributed by atoms with Crippen LogP contribution in [0.25, 0.3) is 21.8 Å². The van der Waals surface area contributed by atoms with Gasteiger partial charge < -0.3 is 14.6 Å². The molecule has 0 spiro atoms. The molecule has 2 atom stereocenters. The van der Waals surface area contributed by atoms with Crippen molar-refractivity contribution in [1.82, 2.24) is 24.6 Å². The van der Waals surface area contributed by atoms with Gasteiger partial charge in [0.05, 0.1) is 29.7 Å². The van der Waals surface area contributed by atoms with Crippen LogP contribution in [-0.2, 0) is 18.4 Å². The number of fused-ring (bicyclic) bond motifs is 4. The molecule has 3 aromatic rings. The van der Waals surface area contributed by atoms with Crippen LogP contribution in [-0.4, -0.2) is 57.9 Å². The number of hydrogen-bond acceptors (Lipinski definition) is 5. The van der Waals surface area contributed by atoms with E-state index in [-0.39, 0.29) is 18.0 Å². The molecule has 1 saturated carbocycles. The largest absolute Gasteiger partial charge is 0.497 e. The monoisotopic (exact) mass is 451 g/mol. The summed E-state index contributed by atoms with van der Waals surface area (Å²) in [5.74, 6) is 1.45. The Morgan fingerprint density at radius 2 is 2.00 bits per heavy atom. The maximum absolute atomic E-state index is 12.8. The van der Waals surface area contributed by atoms with E-state index in [4.69, 9.17) is 4.74 Å².